The molecule has 1 atom stereocenters. The van der Waals surface area contributed by atoms with Gasteiger partial charge in [0.25, 0.3) is 5.91 Å². The molecule has 1 amide bonds. The van der Waals surface area contributed by atoms with E-state index < -0.39 is 23.1 Å². The Morgan fingerprint density at radius 1 is 1.35 bits per heavy atom. The Labute approximate surface area is 101 Å². The number of nitrogens with zero attached hydrogens (tertiary/aromatic N) is 1. The summed E-state index contributed by atoms with van der Waals surface area (Å²) in [6.45, 7) is 0.361. The van der Waals surface area contributed by atoms with Crippen LogP contribution in [0.3, 0.4) is 0 Å². The molecule has 0 radical (unpaired) electrons. The van der Waals surface area contributed by atoms with Crippen molar-refractivity contribution in [3.8, 4) is 0 Å². The summed E-state index contributed by atoms with van der Waals surface area (Å²) in [5, 5.41) is 9.86. The Hall–Kier alpha value is -1.56. The van der Waals surface area contributed by atoms with Crippen LogP contribution in [0.15, 0.2) is 24.3 Å². The first-order valence-corrected chi connectivity index (χ1v) is 6.03. The van der Waals surface area contributed by atoms with Gasteiger partial charge in [-0.1, -0.05) is 0 Å². The van der Waals surface area contributed by atoms with Gasteiger partial charge >= 0.3 is 0 Å². The summed E-state index contributed by atoms with van der Waals surface area (Å²) in [5.41, 5.74) is 0.278. The van der Waals surface area contributed by atoms with Crippen LogP contribution >= 0.6 is 11.8 Å². The van der Waals surface area contributed by atoms with Gasteiger partial charge in [-0.2, -0.15) is 0 Å². The average Bonchev–Trinajstić information content (AvgIpc) is 2.78. The smallest absolute Gasteiger partial charge is 0.255 e. The monoisotopic (exact) mass is 254 g/mol. The van der Waals surface area contributed by atoms with Gasteiger partial charge in [-0.25, -0.2) is 4.39 Å². The zero-order valence-corrected chi connectivity index (χ0v) is 9.58. The predicted molar refractivity (Wildman–Crippen MR) is 58.7 cm³/mol. The highest BCUT2D eigenvalue weighted by atomic mass is 32.2. The lowest BCUT2D eigenvalue weighted by Gasteiger charge is -2.24. The van der Waals surface area contributed by atoms with Crippen LogP contribution in [0.4, 0.5) is 4.39 Å². The first-order valence-electron chi connectivity index (χ1n) is 4.98. The minimum Gasteiger partial charge on any atom is -0.547 e. The molecular weight excluding hydrogens is 245 g/mol. The molecule has 4 nitrogen and oxygen atoms in total. The van der Waals surface area contributed by atoms with Crippen molar-refractivity contribution in [1.82, 2.24) is 4.90 Å². The fourth-order valence-corrected chi connectivity index (χ4v) is 2.67. The number of carboxylic acid groups (broad SMARTS) is 1. The molecule has 1 aliphatic rings. The fraction of sp³-hybridized carbons (Fsp3) is 0.273. The van der Waals surface area contributed by atoms with Gasteiger partial charge < -0.3 is 14.8 Å². The second-order valence-corrected chi connectivity index (χ2v) is 4.74. The second-order valence-electron chi connectivity index (χ2n) is 3.55. The summed E-state index contributed by atoms with van der Waals surface area (Å²) >= 11 is 1.15. The fourth-order valence-electron chi connectivity index (χ4n) is 1.63. The molecule has 90 valence electrons. The van der Waals surface area contributed by atoms with E-state index in [0.717, 1.165) is 11.8 Å². The number of amides is 1. The third kappa shape index (κ3) is 2.41. The largest absolute Gasteiger partial charge is 0.547 e. The van der Waals surface area contributed by atoms with Crippen LogP contribution in [0.5, 0.6) is 0 Å². The minimum absolute atomic E-state index is 0.278. The van der Waals surface area contributed by atoms with Gasteiger partial charge in [0.1, 0.15) is 11.2 Å². The Balaban J connectivity index is 2.19. The minimum atomic E-state index is -1.28. The molecule has 0 N–H and O–H groups in total. The van der Waals surface area contributed by atoms with Crippen molar-refractivity contribution >= 4 is 23.6 Å². The van der Waals surface area contributed by atoms with Gasteiger partial charge in [-0.15, -0.1) is 11.8 Å². The van der Waals surface area contributed by atoms with Crippen LogP contribution in [-0.4, -0.2) is 34.4 Å². The molecule has 6 heteroatoms. The summed E-state index contributed by atoms with van der Waals surface area (Å²) < 4.78 is 12.7. The van der Waals surface area contributed by atoms with E-state index in [-0.39, 0.29) is 5.56 Å². The van der Waals surface area contributed by atoms with Crippen molar-refractivity contribution in [2.24, 2.45) is 0 Å². The normalized spacial score (nSPS) is 19.4. The highest BCUT2D eigenvalue weighted by molar-refractivity contribution is 8.00. The summed E-state index contributed by atoms with van der Waals surface area (Å²) in [5.74, 6) is -1.56. The van der Waals surface area contributed by atoms with E-state index in [2.05, 4.69) is 0 Å². The Bertz CT molecular complexity index is 449. The van der Waals surface area contributed by atoms with Crippen molar-refractivity contribution in [3.63, 3.8) is 0 Å². The van der Waals surface area contributed by atoms with E-state index in [0.29, 0.717) is 12.3 Å². The zero-order valence-electron chi connectivity index (χ0n) is 8.76. The first-order chi connectivity index (χ1) is 8.09. The molecular formula is C11H9FNO3S-. The van der Waals surface area contributed by atoms with Crippen LogP contribution in [0, 0.1) is 5.82 Å². The summed E-state index contributed by atoms with van der Waals surface area (Å²) in [4.78, 5) is 24.0. The third-order valence-electron chi connectivity index (χ3n) is 2.44. The van der Waals surface area contributed by atoms with Gasteiger partial charge in [0, 0.05) is 17.9 Å². The number of carboxylic acids is 1. The van der Waals surface area contributed by atoms with Gasteiger partial charge in [0.15, 0.2) is 0 Å². The lowest BCUT2D eigenvalue weighted by Crippen LogP contribution is -2.45. The van der Waals surface area contributed by atoms with E-state index in [4.69, 9.17) is 0 Å². The van der Waals surface area contributed by atoms with Crippen molar-refractivity contribution in [1.29, 1.82) is 0 Å². The number of benzene rings is 1. The molecule has 1 fully saturated rings. The summed E-state index contributed by atoms with van der Waals surface area (Å²) in [6, 6.07) is 5.02. The van der Waals surface area contributed by atoms with Gasteiger partial charge in [-0.05, 0) is 24.3 Å². The van der Waals surface area contributed by atoms with Crippen molar-refractivity contribution in [2.45, 2.75) is 5.37 Å². The number of thioether (sulfide) groups is 1. The van der Waals surface area contributed by atoms with Crippen LogP contribution in [0.1, 0.15) is 10.4 Å². The van der Waals surface area contributed by atoms with Gasteiger partial charge in [-0.3, -0.25) is 4.79 Å². The molecule has 0 aromatic heterocycles. The number of halogens is 1. The SMILES string of the molecule is O=C([O-])C1SCCN1C(=O)c1ccc(F)cc1. The number of rotatable bonds is 2. The Kier molecular flexibility index (Phi) is 3.33. The third-order valence-corrected chi connectivity index (χ3v) is 3.63. The van der Waals surface area contributed by atoms with Crippen LogP contribution in [0.2, 0.25) is 0 Å². The zero-order chi connectivity index (χ0) is 12.4. The molecule has 2 rings (SSSR count). The van der Waals surface area contributed by atoms with Gasteiger partial charge in [0.05, 0.1) is 5.97 Å². The first kappa shape index (κ1) is 11.9. The quantitative estimate of drug-likeness (QED) is 0.750. The van der Waals surface area contributed by atoms with E-state index in [1.165, 1.54) is 29.2 Å². The molecule has 0 saturated carbocycles. The van der Waals surface area contributed by atoms with Crippen molar-refractivity contribution < 1.29 is 19.1 Å². The summed E-state index contributed by atoms with van der Waals surface area (Å²) in [6.07, 6.45) is 0. The maximum absolute atomic E-state index is 12.7. The van der Waals surface area contributed by atoms with Crippen LogP contribution in [-0.2, 0) is 4.79 Å². The predicted octanol–water partition coefficient (Wildman–Crippen LogP) is 0.0907. The number of hydrogen-bond acceptors (Lipinski definition) is 4. The maximum atomic E-state index is 12.7. The standard InChI is InChI=1S/C11H10FNO3S/c12-8-3-1-7(2-4-8)9(14)13-5-6-17-10(13)11(15)16/h1-4,10H,5-6H2,(H,15,16)/p-1. The lowest BCUT2D eigenvalue weighted by atomic mass is 10.2. The highest BCUT2D eigenvalue weighted by Gasteiger charge is 2.30. The highest BCUT2D eigenvalue weighted by Crippen LogP contribution is 2.25. The molecule has 1 aromatic carbocycles. The molecule has 17 heavy (non-hydrogen) atoms. The number of carbonyl (C=O) groups excluding carboxylic acids is 2. The van der Waals surface area contributed by atoms with Gasteiger partial charge in [0.2, 0.25) is 0 Å². The number of carbonyl (C=O) groups is 2. The number of hydrogen-bond donors (Lipinski definition) is 0. The van der Waals surface area contributed by atoms with Crippen LogP contribution < -0.4 is 5.11 Å². The van der Waals surface area contributed by atoms with E-state index >= 15 is 0 Å². The maximum Gasteiger partial charge on any atom is 0.255 e. The molecule has 1 unspecified atom stereocenters. The summed E-state index contributed by atoms with van der Waals surface area (Å²) in [7, 11) is 0. The molecule has 0 bridgehead atoms. The Morgan fingerprint density at radius 2 is 2.00 bits per heavy atom. The van der Waals surface area contributed by atoms with Crippen molar-refractivity contribution in [2.75, 3.05) is 12.3 Å². The molecule has 0 aliphatic carbocycles. The lowest BCUT2D eigenvalue weighted by molar-refractivity contribution is -0.307. The second kappa shape index (κ2) is 4.75. The number of aliphatic carboxylic acids is 1. The molecule has 1 saturated heterocycles. The molecule has 0 spiro atoms. The van der Waals surface area contributed by atoms with E-state index in [1.807, 2.05) is 0 Å². The van der Waals surface area contributed by atoms with Crippen LogP contribution in [0.25, 0.3) is 0 Å². The molecule has 1 aliphatic heterocycles. The van der Waals surface area contributed by atoms with Crippen molar-refractivity contribution in [3.05, 3.63) is 35.6 Å². The topological polar surface area (TPSA) is 60.4 Å². The average molecular weight is 254 g/mol. The Morgan fingerprint density at radius 3 is 2.59 bits per heavy atom. The van der Waals surface area contributed by atoms with E-state index in [1.54, 1.807) is 0 Å². The molecule has 1 aromatic rings. The van der Waals surface area contributed by atoms with E-state index in [9.17, 15) is 19.1 Å². The molecule has 1 heterocycles.